The Kier molecular flexibility index (Phi) is 3.02. The van der Waals surface area contributed by atoms with E-state index in [2.05, 4.69) is 35.7 Å². The lowest BCUT2D eigenvalue weighted by molar-refractivity contribution is -0.123. The molecule has 0 saturated heterocycles. The first kappa shape index (κ1) is 12.2. The second kappa shape index (κ2) is 4.70. The summed E-state index contributed by atoms with van der Waals surface area (Å²) < 4.78 is 0. The van der Waals surface area contributed by atoms with Crippen LogP contribution < -0.4 is 5.32 Å². The molecule has 1 amide bonds. The zero-order chi connectivity index (χ0) is 13.4. The van der Waals surface area contributed by atoms with Crippen molar-refractivity contribution in [3.05, 3.63) is 35.4 Å². The fourth-order valence-corrected chi connectivity index (χ4v) is 3.45. The van der Waals surface area contributed by atoms with Gasteiger partial charge in [0, 0.05) is 12.0 Å². The van der Waals surface area contributed by atoms with Gasteiger partial charge in [-0.1, -0.05) is 24.3 Å². The molecule has 0 bridgehead atoms. The number of benzene rings is 1. The van der Waals surface area contributed by atoms with Gasteiger partial charge in [-0.15, -0.1) is 0 Å². The van der Waals surface area contributed by atoms with Crippen LogP contribution in [0.4, 0.5) is 0 Å². The molecule has 2 aliphatic carbocycles. The zero-order valence-electron chi connectivity index (χ0n) is 11.1. The van der Waals surface area contributed by atoms with Gasteiger partial charge in [-0.2, -0.15) is 5.26 Å². The Bertz CT molecular complexity index is 546. The van der Waals surface area contributed by atoms with Crippen LogP contribution in [-0.2, 0) is 11.2 Å². The van der Waals surface area contributed by atoms with Crippen LogP contribution in [0.1, 0.15) is 36.8 Å². The van der Waals surface area contributed by atoms with Crippen LogP contribution in [0.5, 0.6) is 0 Å². The van der Waals surface area contributed by atoms with Crippen molar-refractivity contribution < 1.29 is 4.79 Å². The molecule has 3 nitrogen and oxygen atoms in total. The SMILES string of the molecule is CC(CC#N)NC(=O)C1C2CCc3ccccc3C21. The largest absolute Gasteiger partial charge is 0.352 e. The molecule has 2 aliphatic rings. The molecule has 19 heavy (non-hydrogen) atoms. The number of fused-ring (bicyclic) bond motifs is 3. The average molecular weight is 254 g/mol. The summed E-state index contributed by atoms with van der Waals surface area (Å²) >= 11 is 0. The van der Waals surface area contributed by atoms with E-state index in [0.717, 1.165) is 12.8 Å². The summed E-state index contributed by atoms with van der Waals surface area (Å²) in [4.78, 5) is 12.2. The summed E-state index contributed by atoms with van der Waals surface area (Å²) in [7, 11) is 0. The number of rotatable bonds is 3. The quantitative estimate of drug-likeness (QED) is 0.900. The molecule has 98 valence electrons. The first-order valence-electron chi connectivity index (χ1n) is 6.97. The molecule has 0 spiro atoms. The van der Waals surface area contributed by atoms with Gasteiger partial charge in [-0.3, -0.25) is 4.79 Å². The number of nitrogens with zero attached hydrogens (tertiary/aromatic N) is 1. The highest BCUT2D eigenvalue weighted by atomic mass is 16.2. The van der Waals surface area contributed by atoms with Crippen LogP contribution in [0.3, 0.4) is 0 Å². The summed E-state index contributed by atoms with van der Waals surface area (Å²) in [5, 5.41) is 11.6. The van der Waals surface area contributed by atoms with E-state index in [1.54, 1.807) is 0 Å². The highest BCUT2D eigenvalue weighted by Crippen LogP contribution is 2.59. The lowest BCUT2D eigenvalue weighted by Crippen LogP contribution is -2.34. The van der Waals surface area contributed by atoms with E-state index >= 15 is 0 Å². The lowest BCUT2D eigenvalue weighted by atomic mass is 9.92. The first-order chi connectivity index (χ1) is 9.22. The minimum Gasteiger partial charge on any atom is -0.352 e. The molecular formula is C16H18N2O. The highest BCUT2D eigenvalue weighted by Gasteiger charge is 2.56. The Balaban J connectivity index is 1.71. The van der Waals surface area contributed by atoms with Gasteiger partial charge in [0.25, 0.3) is 0 Å². The smallest absolute Gasteiger partial charge is 0.224 e. The van der Waals surface area contributed by atoms with E-state index in [1.807, 2.05) is 6.92 Å². The van der Waals surface area contributed by atoms with Gasteiger partial charge < -0.3 is 5.32 Å². The molecule has 1 aromatic rings. The molecule has 1 fully saturated rings. The number of amides is 1. The number of nitrogens with one attached hydrogen (secondary N) is 1. The first-order valence-corrected chi connectivity index (χ1v) is 6.97. The minimum absolute atomic E-state index is 0.0459. The van der Waals surface area contributed by atoms with E-state index in [0.29, 0.717) is 18.3 Å². The van der Waals surface area contributed by atoms with Gasteiger partial charge in [0.15, 0.2) is 0 Å². The second-order valence-corrected chi connectivity index (χ2v) is 5.72. The number of carbonyl (C=O) groups is 1. The van der Waals surface area contributed by atoms with E-state index in [-0.39, 0.29) is 17.9 Å². The fourth-order valence-electron chi connectivity index (χ4n) is 3.45. The monoisotopic (exact) mass is 254 g/mol. The minimum atomic E-state index is -0.0459. The Morgan fingerprint density at radius 1 is 1.53 bits per heavy atom. The molecule has 0 aromatic heterocycles. The average Bonchev–Trinajstić information content (AvgIpc) is 3.13. The maximum atomic E-state index is 12.2. The van der Waals surface area contributed by atoms with Crippen molar-refractivity contribution in [2.75, 3.05) is 0 Å². The zero-order valence-corrected chi connectivity index (χ0v) is 11.1. The van der Waals surface area contributed by atoms with Crippen LogP contribution in [0.2, 0.25) is 0 Å². The van der Waals surface area contributed by atoms with Crippen molar-refractivity contribution in [2.45, 2.75) is 38.1 Å². The summed E-state index contributed by atoms with van der Waals surface area (Å²) in [5.74, 6) is 1.20. The standard InChI is InChI=1S/C16H18N2O/c1-10(8-9-17)18-16(19)15-13-7-6-11-4-2-3-5-12(11)14(13)15/h2-5,10,13-15H,6-8H2,1H3,(H,18,19). The Labute approximate surface area is 113 Å². The molecule has 4 unspecified atom stereocenters. The van der Waals surface area contributed by atoms with E-state index in [9.17, 15) is 4.79 Å². The molecule has 0 radical (unpaired) electrons. The second-order valence-electron chi connectivity index (χ2n) is 5.72. The fraction of sp³-hybridized carbons (Fsp3) is 0.500. The molecule has 1 N–H and O–H groups in total. The molecule has 4 atom stereocenters. The third-order valence-electron chi connectivity index (χ3n) is 4.42. The topological polar surface area (TPSA) is 52.9 Å². The molecule has 3 rings (SSSR count). The number of hydrogen-bond acceptors (Lipinski definition) is 2. The van der Waals surface area contributed by atoms with Crippen LogP contribution in [-0.4, -0.2) is 11.9 Å². The van der Waals surface area contributed by atoms with Gasteiger partial charge in [-0.05, 0) is 42.7 Å². The van der Waals surface area contributed by atoms with Gasteiger partial charge >= 0.3 is 0 Å². The summed E-state index contributed by atoms with van der Waals surface area (Å²) in [6, 6.07) is 10.5. The Morgan fingerprint density at radius 3 is 3.11 bits per heavy atom. The van der Waals surface area contributed by atoms with Gasteiger partial charge in [0.2, 0.25) is 5.91 Å². The number of nitriles is 1. The van der Waals surface area contributed by atoms with Gasteiger partial charge in [0.1, 0.15) is 0 Å². The molecule has 1 saturated carbocycles. The summed E-state index contributed by atoms with van der Waals surface area (Å²) in [6.07, 6.45) is 2.59. The van der Waals surface area contributed by atoms with Gasteiger partial charge in [0.05, 0.1) is 12.5 Å². The maximum absolute atomic E-state index is 12.2. The van der Waals surface area contributed by atoms with Crippen molar-refractivity contribution in [3.8, 4) is 6.07 Å². The van der Waals surface area contributed by atoms with Gasteiger partial charge in [-0.25, -0.2) is 0 Å². The number of hydrogen-bond donors (Lipinski definition) is 1. The summed E-state index contributed by atoms with van der Waals surface area (Å²) in [6.45, 7) is 1.89. The van der Waals surface area contributed by atoms with Crippen molar-refractivity contribution in [3.63, 3.8) is 0 Å². The molecule has 0 heterocycles. The van der Waals surface area contributed by atoms with Crippen molar-refractivity contribution >= 4 is 5.91 Å². The third-order valence-corrected chi connectivity index (χ3v) is 4.42. The van der Waals surface area contributed by atoms with E-state index in [1.165, 1.54) is 11.1 Å². The molecule has 0 aliphatic heterocycles. The molecular weight excluding hydrogens is 236 g/mol. The Morgan fingerprint density at radius 2 is 2.32 bits per heavy atom. The molecule has 3 heteroatoms. The van der Waals surface area contributed by atoms with Crippen LogP contribution in [0, 0.1) is 23.2 Å². The van der Waals surface area contributed by atoms with Crippen LogP contribution in [0.15, 0.2) is 24.3 Å². The van der Waals surface area contributed by atoms with Crippen LogP contribution >= 0.6 is 0 Å². The normalized spacial score (nSPS) is 28.5. The van der Waals surface area contributed by atoms with Crippen LogP contribution in [0.25, 0.3) is 0 Å². The molecule has 1 aromatic carbocycles. The van der Waals surface area contributed by atoms with Crippen molar-refractivity contribution in [2.24, 2.45) is 11.8 Å². The summed E-state index contributed by atoms with van der Waals surface area (Å²) in [5.41, 5.74) is 2.77. The van der Waals surface area contributed by atoms with Crippen molar-refractivity contribution in [1.82, 2.24) is 5.32 Å². The highest BCUT2D eigenvalue weighted by molar-refractivity contribution is 5.84. The maximum Gasteiger partial charge on any atom is 0.224 e. The predicted octanol–water partition coefficient (Wildman–Crippen LogP) is 2.38. The third kappa shape index (κ3) is 2.12. The number of carbonyl (C=O) groups excluding carboxylic acids is 1. The Hall–Kier alpha value is -1.82. The lowest BCUT2D eigenvalue weighted by Gasteiger charge is -2.13. The van der Waals surface area contributed by atoms with Crippen molar-refractivity contribution in [1.29, 1.82) is 5.26 Å². The van der Waals surface area contributed by atoms with E-state index < -0.39 is 0 Å². The van der Waals surface area contributed by atoms with E-state index in [4.69, 9.17) is 5.26 Å². The number of aryl methyl sites for hydroxylation is 1. The predicted molar refractivity (Wildman–Crippen MR) is 72.3 cm³/mol.